The zero-order valence-corrected chi connectivity index (χ0v) is 31.2. The van der Waals surface area contributed by atoms with Crippen LogP contribution < -0.4 is 15.4 Å². The molecule has 50 heavy (non-hydrogen) atoms. The third kappa shape index (κ3) is 13.8. The van der Waals surface area contributed by atoms with E-state index < -0.39 is 50.5 Å². The number of esters is 1. The number of nitrogens with one attached hydrogen (secondary N) is 2. The zero-order chi connectivity index (χ0) is 37.8. The van der Waals surface area contributed by atoms with Gasteiger partial charge < -0.3 is 39.9 Å². The van der Waals surface area contributed by atoms with Crippen LogP contribution in [0.5, 0.6) is 5.75 Å². The van der Waals surface area contributed by atoms with Gasteiger partial charge in [0.05, 0.1) is 11.6 Å². The lowest BCUT2D eigenvalue weighted by Gasteiger charge is -2.33. The van der Waals surface area contributed by atoms with Gasteiger partial charge in [-0.3, -0.25) is 19.2 Å². The van der Waals surface area contributed by atoms with Gasteiger partial charge in [-0.1, -0.05) is 45.9 Å². The molecule has 0 aliphatic carbocycles. The number of ether oxygens (including phenoxy) is 2. The van der Waals surface area contributed by atoms with E-state index in [-0.39, 0.29) is 55.0 Å². The van der Waals surface area contributed by atoms with Gasteiger partial charge in [-0.25, -0.2) is 14.1 Å². The first-order valence-electron chi connectivity index (χ1n) is 16.1. The number of hydrogen-bond acceptors (Lipinski definition) is 11. The fraction of sp³-hybridized carbons (Fsp3) is 0.545. The summed E-state index contributed by atoms with van der Waals surface area (Å²) in [6, 6.07) is 3.99. The molecule has 0 aliphatic rings. The molecule has 2 rings (SSSR count). The summed E-state index contributed by atoms with van der Waals surface area (Å²) in [6.07, 6.45) is 0.639. The maximum absolute atomic E-state index is 13.5. The first kappa shape index (κ1) is 42.3. The van der Waals surface area contributed by atoms with Crippen molar-refractivity contribution in [3.63, 3.8) is 0 Å². The number of benzene rings is 1. The van der Waals surface area contributed by atoms with Crippen LogP contribution in [0.1, 0.15) is 87.5 Å². The quantitative estimate of drug-likeness (QED) is 0.0498. The first-order chi connectivity index (χ1) is 23.3. The number of rotatable bonds is 21. The van der Waals surface area contributed by atoms with E-state index in [2.05, 4.69) is 26.7 Å². The minimum absolute atomic E-state index is 0.00807. The number of anilines is 1. The molecule has 4 atom stereocenters. The number of carboxylic acids is 1. The van der Waals surface area contributed by atoms with Crippen LogP contribution in [0.3, 0.4) is 0 Å². The predicted molar refractivity (Wildman–Crippen MR) is 188 cm³/mol. The van der Waals surface area contributed by atoms with Crippen LogP contribution in [0, 0.1) is 11.8 Å². The van der Waals surface area contributed by atoms with Crippen molar-refractivity contribution in [3.05, 3.63) is 52.0 Å². The topological polar surface area (TPSA) is 214 Å². The van der Waals surface area contributed by atoms with Gasteiger partial charge in [0.1, 0.15) is 16.5 Å². The molecule has 0 fully saturated rings. The van der Waals surface area contributed by atoms with Gasteiger partial charge in [0, 0.05) is 51.3 Å². The summed E-state index contributed by atoms with van der Waals surface area (Å²) in [5.74, 6) is -2.76. The van der Waals surface area contributed by atoms with E-state index in [0.29, 0.717) is 22.7 Å². The minimum atomic E-state index is -4.73. The zero-order valence-electron chi connectivity index (χ0n) is 29.5. The highest BCUT2D eigenvalue weighted by Gasteiger charge is 2.31. The third-order valence-electron chi connectivity index (χ3n) is 7.98. The Morgan fingerprint density at radius 1 is 1.14 bits per heavy atom. The van der Waals surface area contributed by atoms with Crippen molar-refractivity contribution >= 4 is 48.6 Å². The summed E-state index contributed by atoms with van der Waals surface area (Å²) in [5, 5.41) is 17.3. The van der Waals surface area contributed by atoms with E-state index in [9.17, 15) is 28.8 Å². The number of hydrogen-bond donors (Lipinski definition) is 5. The number of phosphoric acid groups is 1. The smallest absolute Gasteiger partial charge is 0.472 e. The normalized spacial score (nSPS) is 13.9. The van der Waals surface area contributed by atoms with Crippen molar-refractivity contribution in [3.8, 4) is 5.75 Å². The van der Waals surface area contributed by atoms with Gasteiger partial charge in [0.15, 0.2) is 12.9 Å². The third-order valence-corrected chi connectivity index (χ3v) is 9.36. The Bertz CT molecular complexity index is 1540. The van der Waals surface area contributed by atoms with E-state index in [0.717, 1.165) is 16.9 Å². The van der Waals surface area contributed by atoms with Gasteiger partial charge in [-0.15, -0.1) is 11.3 Å². The van der Waals surface area contributed by atoms with E-state index in [4.69, 9.17) is 19.3 Å². The van der Waals surface area contributed by atoms with Crippen LogP contribution in [-0.2, 0) is 34.6 Å². The van der Waals surface area contributed by atoms with Crippen molar-refractivity contribution in [2.24, 2.45) is 11.8 Å². The Kier molecular flexibility index (Phi) is 16.5. The summed E-state index contributed by atoms with van der Waals surface area (Å²) in [5.41, 5.74) is 2.04. The number of phosphoric ester groups is 1. The van der Waals surface area contributed by atoms with Gasteiger partial charge in [0.2, 0.25) is 5.91 Å². The monoisotopic (exact) mass is 740 g/mol. The fourth-order valence-electron chi connectivity index (χ4n) is 5.13. The lowest BCUT2D eigenvalue weighted by molar-refractivity contribution is -0.148. The molecule has 1 aromatic heterocycles. The first-order valence-corrected chi connectivity index (χ1v) is 18.5. The number of nitrogens with zero attached hydrogens (tertiary/aromatic N) is 2. The molecule has 1 heterocycles. The highest BCUT2D eigenvalue weighted by Crippen LogP contribution is 2.36. The summed E-state index contributed by atoms with van der Waals surface area (Å²) in [6.45, 7) is 11.9. The van der Waals surface area contributed by atoms with E-state index in [1.54, 1.807) is 37.2 Å². The molecular weight excluding hydrogens is 691 g/mol. The molecule has 0 saturated carbocycles. The second-order valence-electron chi connectivity index (χ2n) is 12.3. The molecule has 0 radical (unpaired) electrons. The molecule has 2 aromatic rings. The Morgan fingerprint density at radius 2 is 1.82 bits per heavy atom. The van der Waals surface area contributed by atoms with Crippen LogP contribution in [0.15, 0.2) is 35.7 Å². The maximum Gasteiger partial charge on any atom is 0.472 e. The number of aromatic nitrogens is 1. The van der Waals surface area contributed by atoms with Crippen LogP contribution in [0.25, 0.3) is 0 Å². The molecule has 0 aliphatic heterocycles. The standard InChI is InChI=1S/C33H49N4O11PS/c1-9-20(4)12-30(39)37(8)27(19(2)3)16-29(48-22(6)38)32-36-26(17-50-32)31(40)35-24(13-21(5)33(41)42)14-23-10-11-28(25(15-23)34-7)46-18-47-49(43,44)45/h10-11,15,17,19,21,24,27,29,34H,4,9,12-14,16,18H2,1-3,5-8H3,(H,35,40)(H,41,42)(H2,43,44,45)/t21?,24-,27-,29-/m1/s1. The Balaban J connectivity index is 2.29. The lowest BCUT2D eigenvalue weighted by Crippen LogP contribution is -2.41. The molecule has 0 spiro atoms. The maximum atomic E-state index is 13.5. The second kappa shape index (κ2) is 19.5. The number of carbonyl (C=O) groups excluding carboxylic acids is 3. The fourth-order valence-corrected chi connectivity index (χ4v) is 6.16. The van der Waals surface area contributed by atoms with Gasteiger partial charge in [-0.05, 0) is 42.9 Å². The van der Waals surface area contributed by atoms with Crippen molar-refractivity contribution in [2.45, 2.75) is 84.9 Å². The number of amides is 2. The largest absolute Gasteiger partial charge is 0.481 e. The summed E-state index contributed by atoms with van der Waals surface area (Å²) in [4.78, 5) is 74.3. The molecule has 17 heteroatoms. The van der Waals surface area contributed by atoms with Crippen molar-refractivity contribution in [1.82, 2.24) is 15.2 Å². The number of aliphatic carboxylic acids is 1. The van der Waals surface area contributed by atoms with Crippen LogP contribution in [0.2, 0.25) is 0 Å². The minimum Gasteiger partial charge on any atom is -0.481 e. The van der Waals surface area contributed by atoms with Gasteiger partial charge in [0.25, 0.3) is 5.91 Å². The molecule has 2 amide bonds. The van der Waals surface area contributed by atoms with Gasteiger partial charge in [-0.2, -0.15) is 0 Å². The summed E-state index contributed by atoms with van der Waals surface area (Å²) < 4.78 is 26.3. The number of carbonyl (C=O) groups is 4. The molecule has 0 saturated heterocycles. The van der Waals surface area contributed by atoms with E-state index in [1.807, 2.05) is 20.8 Å². The average Bonchev–Trinajstić information content (AvgIpc) is 3.52. The van der Waals surface area contributed by atoms with E-state index in [1.165, 1.54) is 19.2 Å². The summed E-state index contributed by atoms with van der Waals surface area (Å²) in [7, 11) is -1.40. The lowest BCUT2D eigenvalue weighted by atomic mass is 9.95. The number of carboxylic acid groups (broad SMARTS) is 1. The highest BCUT2D eigenvalue weighted by molar-refractivity contribution is 7.46. The SMILES string of the molecule is C=C(CC)CC(=O)N(C)[C@H](C[C@@H](OC(C)=O)c1nc(C(=O)N[C@@H](Cc2ccc(OCOP(=O)(O)O)c(NC)c2)CC(C)C(=O)O)cs1)C(C)C. The van der Waals surface area contributed by atoms with Crippen molar-refractivity contribution in [1.29, 1.82) is 0 Å². The second-order valence-corrected chi connectivity index (χ2v) is 14.4. The molecule has 5 N–H and O–H groups in total. The molecular formula is C33H49N4O11PS. The summed E-state index contributed by atoms with van der Waals surface area (Å²) >= 11 is 1.14. The van der Waals surface area contributed by atoms with Crippen molar-refractivity contribution in [2.75, 3.05) is 26.2 Å². The van der Waals surface area contributed by atoms with Crippen LogP contribution >= 0.6 is 19.2 Å². The number of thiazole rings is 1. The Morgan fingerprint density at radius 3 is 2.38 bits per heavy atom. The highest BCUT2D eigenvalue weighted by atomic mass is 32.1. The average molecular weight is 741 g/mol. The molecule has 0 bridgehead atoms. The Labute approximate surface area is 296 Å². The molecule has 15 nitrogen and oxygen atoms in total. The van der Waals surface area contributed by atoms with Crippen molar-refractivity contribution < 1.29 is 52.6 Å². The molecule has 1 aromatic carbocycles. The van der Waals surface area contributed by atoms with Crippen LogP contribution in [-0.4, -0.2) is 81.5 Å². The van der Waals surface area contributed by atoms with Gasteiger partial charge >= 0.3 is 19.8 Å². The molecule has 278 valence electrons. The predicted octanol–water partition coefficient (Wildman–Crippen LogP) is 4.92. The van der Waals surface area contributed by atoms with E-state index >= 15 is 0 Å². The van der Waals surface area contributed by atoms with Crippen LogP contribution in [0.4, 0.5) is 5.69 Å². The molecule has 1 unspecified atom stereocenters. The Hall–Kier alpha value is -3.82.